The van der Waals surface area contributed by atoms with Crippen LogP contribution in [0.5, 0.6) is 0 Å². The van der Waals surface area contributed by atoms with Gasteiger partial charge in [-0.15, -0.1) is 0 Å². The molecule has 0 rings (SSSR count). The van der Waals surface area contributed by atoms with E-state index in [-0.39, 0.29) is 18.0 Å². The zero-order chi connectivity index (χ0) is 12.6. The number of hydrogen-bond acceptors (Lipinski definition) is 2. The highest BCUT2D eigenvalue weighted by molar-refractivity contribution is 7.80. The number of nitrogens with one attached hydrogen (secondary N) is 3. The molecule has 4 nitrogen and oxygen atoms in total. The van der Waals surface area contributed by atoms with E-state index in [1.165, 1.54) is 0 Å². The number of unbranched alkanes of at least 4 members (excludes halogenated alkanes) is 1. The van der Waals surface area contributed by atoms with Crippen LogP contribution in [0.2, 0.25) is 0 Å². The Bertz CT molecular complexity index is 236. The molecular formula is C11H23N3OS. The molecule has 0 aliphatic heterocycles. The second-order valence-corrected chi connectivity index (χ2v) is 5.17. The molecule has 16 heavy (non-hydrogen) atoms. The number of rotatable bonds is 5. The van der Waals surface area contributed by atoms with E-state index in [1.807, 2.05) is 20.8 Å². The Hall–Kier alpha value is -0.840. The predicted molar refractivity (Wildman–Crippen MR) is 71.4 cm³/mol. The first-order valence-corrected chi connectivity index (χ1v) is 6.08. The summed E-state index contributed by atoms with van der Waals surface area (Å²) in [5, 5.41) is 9.31. The summed E-state index contributed by atoms with van der Waals surface area (Å²) in [7, 11) is 0. The summed E-state index contributed by atoms with van der Waals surface area (Å²) >= 11 is 5.02. The lowest BCUT2D eigenvalue weighted by molar-refractivity contribution is -0.121. The van der Waals surface area contributed by atoms with Gasteiger partial charge in [-0.2, -0.15) is 0 Å². The van der Waals surface area contributed by atoms with Gasteiger partial charge in [-0.1, -0.05) is 13.3 Å². The molecular weight excluding hydrogens is 222 g/mol. The summed E-state index contributed by atoms with van der Waals surface area (Å²) in [5.74, 6) is -0.0489. The zero-order valence-corrected chi connectivity index (χ0v) is 11.5. The number of hydrogen-bond donors (Lipinski definition) is 3. The first-order chi connectivity index (χ1) is 7.35. The molecule has 0 heterocycles. The minimum Gasteiger partial charge on any atom is -0.363 e. The van der Waals surface area contributed by atoms with Crippen molar-refractivity contribution in [3.63, 3.8) is 0 Å². The largest absolute Gasteiger partial charge is 0.363 e. The van der Waals surface area contributed by atoms with E-state index >= 15 is 0 Å². The molecule has 3 N–H and O–H groups in total. The monoisotopic (exact) mass is 245 g/mol. The van der Waals surface area contributed by atoms with Crippen LogP contribution in [-0.4, -0.2) is 29.6 Å². The topological polar surface area (TPSA) is 53.2 Å². The highest BCUT2D eigenvalue weighted by Gasteiger charge is 2.13. The van der Waals surface area contributed by atoms with Gasteiger partial charge in [-0.05, 0) is 39.4 Å². The van der Waals surface area contributed by atoms with Crippen LogP contribution < -0.4 is 16.0 Å². The van der Waals surface area contributed by atoms with Gasteiger partial charge in [0.2, 0.25) is 5.91 Å². The summed E-state index contributed by atoms with van der Waals surface area (Å²) in [6.07, 6.45) is 2.20. The van der Waals surface area contributed by atoms with Crippen molar-refractivity contribution in [3.8, 4) is 0 Å². The summed E-state index contributed by atoms with van der Waals surface area (Å²) in [4.78, 5) is 11.4. The van der Waals surface area contributed by atoms with Crippen molar-refractivity contribution in [2.75, 3.05) is 13.1 Å². The number of amides is 1. The molecule has 0 bridgehead atoms. The Morgan fingerprint density at radius 2 is 1.88 bits per heavy atom. The van der Waals surface area contributed by atoms with Gasteiger partial charge >= 0.3 is 0 Å². The molecule has 1 amide bonds. The number of thiocarbonyl (C=S) groups is 1. The normalized spacial score (nSPS) is 10.8. The van der Waals surface area contributed by atoms with Gasteiger partial charge < -0.3 is 16.0 Å². The van der Waals surface area contributed by atoms with Crippen LogP contribution in [-0.2, 0) is 4.79 Å². The first kappa shape index (κ1) is 15.2. The maximum atomic E-state index is 11.4. The van der Waals surface area contributed by atoms with Crippen LogP contribution in [0.25, 0.3) is 0 Å². The molecule has 0 saturated carbocycles. The van der Waals surface area contributed by atoms with Crippen molar-refractivity contribution in [3.05, 3.63) is 0 Å². The third-order valence-electron chi connectivity index (χ3n) is 1.74. The molecule has 0 aliphatic rings. The lowest BCUT2D eigenvalue weighted by Crippen LogP contribution is -2.47. The minimum absolute atomic E-state index is 0.0489. The zero-order valence-electron chi connectivity index (χ0n) is 10.6. The van der Waals surface area contributed by atoms with Crippen LogP contribution in [0.15, 0.2) is 0 Å². The van der Waals surface area contributed by atoms with E-state index in [1.54, 1.807) is 0 Å². The molecule has 94 valence electrons. The minimum atomic E-state index is -0.198. The van der Waals surface area contributed by atoms with Crippen LogP contribution in [0.4, 0.5) is 0 Å². The van der Waals surface area contributed by atoms with Crippen molar-refractivity contribution in [2.45, 2.75) is 46.1 Å². The third-order valence-corrected chi connectivity index (χ3v) is 2.03. The van der Waals surface area contributed by atoms with E-state index in [0.29, 0.717) is 5.11 Å². The van der Waals surface area contributed by atoms with Crippen molar-refractivity contribution in [1.82, 2.24) is 16.0 Å². The molecule has 0 atom stereocenters. The van der Waals surface area contributed by atoms with E-state index in [0.717, 1.165) is 19.4 Å². The lowest BCUT2D eigenvalue weighted by atomic mass is 10.1. The number of carbonyl (C=O) groups is 1. The third kappa shape index (κ3) is 9.71. The summed E-state index contributed by atoms with van der Waals surface area (Å²) in [6.45, 7) is 9.03. The summed E-state index contributed by atoms with van der Waals surface area (Å²) in [6, 6.07) is 0. The van der Waals surface area contributed by atoms with Gasteiger partial charge in [0.25, 0.3) is 0 Å². The maximum absolute atomic E-state index is 11.4. The molecule has 0 aromatic heterocycles. The van der Waals surface area contributed by atoms with Crippen molar-refractivity contribution in [1.29, 1.82) is 0 Å². The fourth-order valence-corrected chi connectivity index (χ4v) is 1.24. The standard InChI is InChI=1S/C11H23N3OS/c1-5-6-7-12-10(16)13-8-9(15)14-11(2,3)4/h5-8H2,1-4H3,(H,14,15)(H2,12,13,16). The Morgan fingerprint density at radius 3 is 2.38 bits per heavy atom. The molecule has 0 spiro atoms. The quantitative estimate of drug-likeness (QED) is 0.503. The highest BCUT2D eigenvalue weighted by Crippen LogP contribution is 1.96. The Labute approximate surface area is 104 Å². The average molecular weight is 245 g/mol. The fraction of sp³-hybridized carbons (Fsp3) is 0.818. The summed E-state index contributed by atoms with van der Waals surface area (Å²) < 4.78 is 0. The number of carbonyl (C=O) groups excluding carboxylic acids is 1. The first-order valence-electron chi connectivity index (χ1n) is 5.68. The molecule has 0 radical (unpaired) electrons. The predicted octanol–water partition coefficient (Wildman–Crippen LogP) is 1.17. The van der Waals surface area contributed by atoms with Crippen LogP contribution in [0, 0.1) is 0 Å². The Kier molecular flexibility index (Phi) is 7.05. The van der Waals surface area contributed by atoms with E-state index in [4.69, 9.17) is 12.2 Å². The second kappa shape index (κ2) is 7.44. The molecule has 0 aliphatic carbocycles. The molecule has 0 fully saturated rings. The maximum Gasteiger partial charge on any atom is 0.239 e. The van der Waals surface area contributed by atoms with E-state index in [2.05, 4.69) is 22.9 Å². The van der Waals surface area contributed by atoms with Gasteiger partial charge in [-0.25, -0.2) is 0 Å². The van der Waals surface area contributed by atoms with Crippen LogP contribution in [0.3, 0.4) is 0 Å². The van der Waals surface area contributed by atoms with Gasteiger partial charge in [-0.3, -0.25) is 4.79 Å². The second-order valence-electron chi connectivity index (χ2n) is 4.76. The fourth-order valence-electron chi connectivity index (χ4n) is 1.06. The molecule has 0 saturated heterocycles. The van der Waals surface area contributed by atoms with Crippen LogP contribution >= 0.6 is 12.2 Å². The van der Waals surface area contributed by atoms with Gasteiger partial charge in [0, 0.05) is 12.1 Å². The van der Waals surface area contributed by atoms with Crippen molar-refractivity contribution >= 4 is 23.2 Å². The molecule has 0 aromatic rings. The summed E-state index contributed by atoms with van der Waals surface area (Å²) in [5.41, 5.74) is -0.198. The van der Waals surface area contributed by atoms with Crippen molar-refractivity contribution in [2.24, 2.45) is 0 Å². The highest BCUT2D eigenvalue weighted by atomic mass is 32.1. The smallest absolute Gasteiger partial charge is 0.239 e. The van der Waals surface area contributed by atoms with Gasteiger partial charge in [0.05, 0.1) is 6.54 Å². The molecule has 5 heteroatoms. The SMILES string of the molecule is CCCCNC(=S)NCC(=O)NC(C)(C)C. The van der Waals surface area contributed by atoms with Gasteiger partial charge in [0.1, 0.15) is 0 Å². The van der Waals surface area contributed by atoms with E-state index < -0.39 is 0 Å². The Morgan fingerprint density at radius 1 is 1.25 bits per heavy atom. The average Bonchev–Trinajstić information content (AvgIpc) is 2.12. The molecule has 0 unspecified atom stereocenters. The van der Waals surface area contributed by atoms with Crippen molar-refractivity contribution < 1.29 is 4.79 Å². The van der Waals surface area contributed by atoms with Crippen LogP contribution in [0.1, 0.15) is 40.5 Å². The van der Waals surface area contributed by atoms with Gasteiger partial charge in [0.15, 0.2) is 5.11 Å². The van der Waals surface area contributed by atoms with E-state index in [9.17, 15) is 4.79 Å². The lowest BCUT2D eigenvalue weighted by Gasteiger charge is -2.20. The Balaban J connectivity index is 3.63. The molecule has 0 aromatic carbocycles.